The summed E-state index contributed by atoms with van der Waals surface area (Å²) < 4.78 is 35.1. The number of rotatable bonds is 3. The molecule has 0 amide bonds. The van der Waals surface area contributed by atoms with E-state index in [0.29, 0.717) is 11.6 Å². The first kappa shape index (κ1) is 12.5. The van der Waals surface area contributed by atoms with E-state index in [1.165, 1.54) is 17.5 Å². The van der Waals surface area contributed by atoms with E-state index in [2.05, 4.69) is 5.32 Å². The van der Waals surface area contributed by atoms with Crippen molar-refractivity contribution in [2.45, 2.75) is 12.6 Å². The van der Waals surface area contributed by atoms with Crippen molar-refractivity contribution in [2.75, 3.05) is 5.75 Å². The number of hydrogen-bond donors (Lipinski definition) is 1. The molecule has 1 heterocycles. The fourth-order valence-electron chi connectivity index (χ4n) is 1.61. The van der Waals surface area contributed by atoms with Crippen molar-refractivity contribution in [3.8, 4) is 0 Å². The molecular formula is C11H11ClFNO2S. The minimum atomic E-state index is -3.05. The molecule has 0 spiro atoms. The standard InChI is InChI=1S/C11H11ClFNO2S/c12-11-5-9(13)2-1-8(11)6-14-10-3-4-17(15,16)7-10/h1-5,10,14H,6-7H2. The molecule has 1 aromatic rings. The molecule has 0 bridgehead atoms. The van der Waals surface area contributed by atoms with E-state index < -0.39 is 9.84 Å². The molecule has 0 saturated carbocycles. The van der Waals surface area contributed by atoms with Crippen LogP contribution < -0.4 is 5.32 Å². The van der Waals surface area contributed by atoms with Gasteiger partial charge in [0, 0.05) is 23.0 Å². The lowest BCUT2D eigenvalue weighted by Gasteiger charge is -2.10. The summed E-state index contributed by atoms with van der Waals surface area (Å²) in [4.78, 5) is 0. The van der Waals surface area contributed by atoms with Gasteiger partial charge >= 0.3 is 0 Å². The van der Waals surface area contributed by atoms with Crippen molar-refractivity contribution in [3.63, 3.8) is 0 Å². The largest absolute Gasteiger partial charge is 0.305 e. The van der Waals surface area contributed by atoms with Crippen molar-refractivity contribution in [1.29, 1.82) is 0 Å². The summed E-state index contributed by atoms with van der Waals surface area (Å²) in [6.07, 6.45) is 1.60. The molecule has 0 fully saturated rings. The molecule has 0 radical (unpaired) electrons. The number of sulfone groups is 1. The number of nitrogens with one attached hydrogen (secondary N) is 1. The molecule has 1 aromatic carbocycles. The van der Waals surface area contributed by atoms with Crippen LogP contribution in [0.2, 0.25) is 5.02 Å². The SMILES string of the molecule is O=S1(=O)C=CC(NCc2ccc(F)cc2Cl)C1. The van der Waals surface area contributed by atoms with Gasteiger partial charge in [0.2, 0.25) is 0 Å². The summed E-state index contributed by atoms with van der Waals surface area (Å²) in [7, 11) is -3.05. The topological polar surface area (TPSA) is 46.2 Å². The van der Waals surface area contributed by atoms with Gasteiger partial charge in [0.15, 0.2) is 9.84 Å². The molecule has 1 unspecified atom stereocenters. The summed E-state index contributed by atoms with van der Waals surface area (Å²) in [6.45, 7) is 0.406. The maximum Gasteiger partial charge on any atom is 0.173 e. The highest BCUT2D eigenvalue weighted by Gasteiger charge is 2.21. The predicted molar refractivity (Wildman–Crippen MR) is 65.0 cm³/mol. The summed E-state index contributed by atoms with van der Waals surface area (Å²) in [5.41, 5.74) is 0.741. The minimum Gasteiger partial charge on any atom is -0.305 e. The molecule has 6 heteroatoms. The fraction of sp³-hybridized carbons (Fsp3) is 0.273. The van der Waals surface area contributed by atoms with Gasteiger partial charge in [0.05, 0.1) is 5.75 Å². The average Bonchev–Trinajstić information content (AvgIpc) is 2.57. The van der Waals surface area contributed by atoms with Crippen molar-refractivity contribution in [3.05, 3.63) is 46.1 Å². The second kappa shape index (κ2) is 4.76. The molecule has 92 valence electrons. The van der Waals surface area contributed by atoms with Crippen molar-refractivity contribution >= 4 is 21.4 Å². The highest BCUT2D eigenvalue weighted by atomic mass is 35.5. The Morgan fingerprint density at radius 3 is 2.82 bits per heavy atom. The van der Waals surface area contributed by atoms with Gasteiger partial charge in [-0.15, -0.1) is 0 Å². The lowest BCUT2D eigenvalue weighted by Crippen LogP contribution is -2.29. The van der Waals surface area contributed by atoms with Crippen LogP contribution in [0.5, 0.6) is 0 Å². The molecule has 1 aliphatic rings. The summed E-state index contributed by atoms with van der Waals surface area (Å²) in [6, 6.07) is 3.93. The maximum atomic E-state index is 12.8. The lowest BCUT2D eigenvalue weighted by atomic mass is 10.2. The lowest BCUT2D eigenvalue weighted by molar-refractivity contribution is 0.590. The van der Waals surface area contributed by atoms with Gasteiger partial charge in [-0.05, 0) is 17.7 Å². The van der Waals surface area contributed by atoms with E-state index in [-0.39, 0.29) is 17.6 Å². The predicted octanol–water partition coefficient (Wildman–Crippen LogP) is 1.88. The number of hydrogen-bond acceptors (Lipinski definition) is 3. The summed E-state index contributed by atoms with van der Waals surface area (Å²) in [5, 5.41) is 4.58. The van der Waals surface area contributed by atoms with Crippen molar-refractivity contribution in [2.24, 2.45) is 0 Å². The van der Waals surface area contributed by atoms with Crippen LogP contribution in [0.4, 0.5) is 4.39 Å². The molecular weight excluding hydrogens is 265 g/mol. The molecule has 1 atom stereocenters. The smallest absolute Gasteiger partial charge is 0.173 e. The zero-order valence-corrected chi connectivity index (χ0v) is 10.4. The Labute approximate surface area is 104 Å². The van der Waals surface area contributed by atoms with Crippen molar-refractivity contribution in [1.82, 2.24) is 5.32 Å². The zero-order chi connectivity index (χ0) is 12.5. The minimum absolute atomic E-state index is 0.0613. The molecule has 2 rings (SSSR count). The van der Waals surface area contributed by atoms with Crippen LogP contribution in [0.15, 0.2) is 29.7 Å². The van der Waals surface area contributed by atoms with E-state index in [1.807, 2.05) is 0 Å². The van der Waals surface area contributed by atoms with Crippen LogP contribution in [0, 0.1) is 5.82 Å². The van der Waals surface area contributed by atoms with E-state index in [1.54, 1.807) is 12.1 Å². The fourth-order valence-corrected chi connectivity index (χ4v) is 3.11. The van der Waals surface area contributed by atoms with Gasteiger partial charge in [-0.25, -0.2) is 12.8 Å². The van der Waals surface area contributed by atoms with Crippen LogP contribution in [-0.4, -0.2) is 20.2 Å². The normalized spacial score (nSPS) is 21.9. The van der Waals surface area contributed by atoms with Crippen LogP contribution >= 0.6 is 11.6 Å². The molecule has 3 nitrogen and oxygen atoms in total. The molecule has 0 aromatic heterocycles. The van der Waals surface area contributed by atoms with Gasteiger partial charge < -0.3 is 5.32 Å². The Morgan fingerprint density at radius 1 is 1.47 bits per heavy atom. The first-order valence-corrected chi connectivity index (χ1v) is 7.14. The van der Waals surface area contributed by atoms with Crippen LogP contribution in [-0.2, 0) is 16.4 Å². The molecule has 1 aliphatic heterocycles. The van der Waals surface area contributed by atoms with Crippen LogP contribution in [0.3, 0.4) is 0 Å². The first-order valence-electron chi connectivity index (χ1n) is 5.04. The summed E-state index contributed by atoms with van der Waals surface area (Å²) in [5.74, 6) is -0.326. The van der Waals surface area contributed by atoms with E-state index in [4.69, 9.17) is 11.6 Å². The first-order chi connectivity index (χ1) is 7.96. The Kier molecular flexibility index (Phi) is 3.51. The maximum absolute atomic E-state index is 12.8. The van der Waals surface area contributed by atoms with Gasteiger partial charge in [-0.3, -0.25) is 0 Å². The van der Waals surface area contributed by atoms with Gasteiger partial charge in [-0.1, -0.05) is 23.7 Å². The molecule has 1 N–H and O–H groups in total. The number of halogens is 2. The number of benzene rings is 1. The Morgan fingerprint density at radius 2 is 2.24 bits per heavy atom. The van der Waals surface area contributed by atoms with Gasteiger partial charge in [-0.2, -0.15) is 0 Å². The molecule has 0 saturated heterocycles. The Bertz CT molecular complexity index is 557. The third-order valence-corrected chi connectivity index (χ3v) is 4.25. The second-order valence-electron chi connectivity index (χ2n) is 3.88. The Balaban J connectivity index is 1.97. The second-order valence-corrected chi connectivity index (χ2v) is 6.22. The van der Waals surface area contributed by atoms with Crippen molar-refractivity contribution < 1.29 is 12.8 Å². The van der Waals surface area contributed by atoms with E-state index >= 15 is 0 Å². The zero-order valence-electron chi connectivity index (χ0n) is 8.86. The monoisotopic (exact) mass is 275 g/mol. The van der Waals surface area contributed by atoms with E-state index in [0.717, 1.165) is 5.56 Å². The van der Waals surface area contributed by atoms with Crippen LogP contribution in [0.1, 0.15) is 5.56 Å². The highest BCUT2D eigenvalue weighted by molar-refractivity contribution is 7.94. The average molecular weight is 276 g/mol. The summed E-state index contributed by atoms with van der Waals surface area (Å²) >= 11 is 5.85. The molecule has 0 aliphatic carbocycles. The van der Waals surface area contributed by atoms with E-state index in [9.17, 15) is 12.8 Å². The molecule has 17 heavy (non-hydrogen) atoms. The van der Waals surface area contributed by atoms with Crippen LogP contribution in [0.25, 0.3) is 0 Å². The third kappa shape index (κ3) is 3.28. The van der Waals surface area contributed by atoms with Gasteiger partial charge in [0.25, 0.3) is 0 Å². The quantitative estimate of drug-likeness (QED) is 0.916. The third-order valence-electron chi connectivity index (χ3n) is 2.50. The highest BCUT2D eigenvalue weighted by Crippen LogP contribution is 2.17. The Hall–Kier alpha value is -0.910. The van der Waals surface area contributed by atoms with Gasteiger partial charge in [0.1, 0.15) is 5.82 Å².